The van der Waals surface area contributed by atoms with Crippen molar-refractivity contribution < 1.29 is 13.2 Å². The number of anilines is 1. The molecule has 2 rings (SSSR count). The number of rotatable bonds is 5. The van der Waals surface area contributed by atoms with E-state index in [1.165, 1.54) is 11.6 Å². The lowest BCUT2D eigenvalue weighted by molar-refractivity contribution is -0.137. The van der Waals surface area contributed by atoms with Crippen LogP contribution in [0.4, 0.5) is 18.9 Å². The summed E-state index contributed by atoms with van der Waals surface area (Å²) in [5.41, 5.74) is 1.05. The monoisotopic (exact) mass is 357 g/mol. The molecule has 0 aliphatic rings. The van der Waals surface area contributed by atoms with Crippen molar-refractivity contribution in [3.8, 4) is 0 Å². The van der Waals surface area contributed by atoms with Gasteiger partial charge in [-0.1, -0.05) is 30.3 Å². The predicted octanol–water partition coefficient (Wildman–Crippen LogP) is 5.51. The fraction of sp³-hybridized carbons (Fsp3) is 0.250. The van der Waals surface area contributed by atoms with Gasteiger partial charge in [0.2, 0.25) is 0 Å². The molecule has 2 aromatic rings. The second kappa shape index (κ2) is 6.98. The Kier molecular flexibility index (Phi) is 5.28. The third kappa shape index (κ3) is 4.77. The van der Waals surface area contributed by atoms with E-state index < -0.39 is 11.7 Å². The molecule has 0 bridgehead atoms. The molecule has 0 fully saturated rings. The van der Waals surface area contributed by atoms with Crippen molar-refractivity contribution in [2.24, 2.45) is 0 Å². The maximum absolute atomic E-state index is 12.7. The lowest BCUT2D eigenvalue weighted by atomic mass is 10.1. The smallest absolute Gasteiger partial charge is 0.384 e. The van der Waals surface area contributed by atoms with Gasteiger partial charge in [0.25, 0.3) is 0 Å². The average molecular weight is 358 g/mol. The number of halogens is 4. The zero-order valence-electron chi connectivity index (χ0n) is 11.3. The number of nitrogens with one attached hydrogen (secondary N) is 1. The minimum absolute atomic E-state index is 0.470. The first-order valence-electron chi connectivity index (χ1n) is 6.61. The van der Waals surface area contributed by atoms with Gasteiger partial charge in [0.05, 0.1) is 5.56 Å². The number of alkyl halides is 3. The van der Waals surface area contributed by atoms with E-state index in [2.05, 4.69) is 21.2 Å². The van der Waals surface area contributed by atoms with Gasteiger partial charge in [-0.05, 0) is 52.5 Å². The van der Waals surface area contributed by atoms with Crippen molar-refractivity contribution in [1.82, 2.24) is 0 Å². The minimum atomic E-state index is -4.32. The third-order valence-electron chi connectivity index (χ3n) is 3.09. The zero-order chi connectivity index (χ0) is 15.3. The quantitative estimate of drug-likeness (QED) is 0.695. The number of benzene rings is 2. The lowest BCUT2D eigenvalue weighted by Crippen LogP contribution is -2.08. The first kappa shape index (κ1) is 15.9. The summed E-state index contributed by atoms with van der Waals surface area (Å²) in [5.74, 6) is 0. The maximum Gasteiger partial charge on any atom is 0.416 e. The van der Waals surface area contributed by atoms with E-state index in [1.54, 1.807) is 0 Å². The Balaban J connectivity index is 1.91. The van der Waals surface area contributed by atoms with Gasteiger partial charge in [-0.2, -0.15) is 13.2 Å². The van der Waals surface area contributed by atoms with E-state index in [-0.39, 0.29) is 0 Å². The van der Waals surface area contributed by atoms with Gasteiger partial charge in [0, 0.05) is 16.7 Å². The predicted molar refractivity (Wildman–Crippen MR) is 82.4 cm³/mol. The molecule has 1 N–H and O–H groups in total. The minimum Gasteiger partial charge on any atom is -0.384 e. The molecule has 0 heterocycles. The summed E-state index contributed by atoms with van der Waals surface area (Å²) in [4.78, 5) is 0. The van der Waals surface area contributed by atoms with Gasteiger partial charge < -0.3 is 5.32 Å². The standard InChI is InChI=1S/C16H15BrF3N/c17-14-9-8-13(16(18,19)20)11-15(14)21-10-4-7-12-5-2-1-3-6-12/h1-3,5-6,8-9,11,21H,4,7,10H2. The van der Waals surface area contributed by atoms with Crippen molar-refractivity contribution in [3.05, 3.63) is 64.1 Å². The van der Waals surface area contributed by atoms with Crippen LogP contribution in [0.2, 0.25) is 0 Å². The lowest BCUT2D eigenvalue weighted by Gasteiger charge is -2.12. The summed E-state index contributed by atoms with van der Waals surface area (Å²) < 4.78 is 38.6. The van der Waals surface area contributed by atoms with Crippen molar-refractivity contribution in [3.63, 3.8) is 0 Å². The van der Waals surface area contributed by atoms with Gasteiger partial charge in [-0.3, -0.25) is 0 Å². The van der Waals surface area contributed by atoms with Crippen LogP contribution in [0.25, 0.3) is 0 Å². The fourth-order valence-electron chi connectivity index (χ4n) is 2.00. The Bertz CT molecular complexity index is 582. The Morgan fingerprint density at radius 2 is 1.71 bits per heavy atom. The van der Waals surface area contributed by atoms with Gasteiger partial charge >= 0.3 is 6.18 Å². The third-order valence-corrected chi connectivity index (χ3v) is 3.79. The zero-order valence-corrected chi connectivity index (χ0v) is 12.8. The van der Waals surface area contributed by atoms with E-state index in [9.17, 15) is 13.2 Å². The molecule has 0 spiro atoms. The van der Waals surface area contributed by atoms with Crippen molar-refractivity contribution >= 4 is 21.6 Å². The van der Waals surface area contributed by atoms with E-state index >= 15 is 0 Å². The van der Waals surface area contributed by atoms with Crippen molar-refractivity contribution in [2.45, 2.75) is 19.0 Å². The SMILES string of the molecule is FC(F)(F)c1ccc(Br)c(NCCCc2ccccc2)c1. The van der Waals surface area contributed by atoms with Crippen LogP contribution in [-0.4, -0.2) is 6.54 Å². The molecule has 0 aliphatic heterocycles. The molecule has 2 aromatic carbocycles. The summed E-state index contributed by atoms with van der Waals surface area (Å²) in [6.45, 7) is 0.620. The highest BCUT2D eigenvalue weighted by Crippen LogP contribution is 2.33. The molecular formula is C16H15BrF3N. The van der Waals surface area contributed by atoms with E-state index in [0.717, 1.165) is 25.0 Å². The van der Waals surface area contributed by atoms with Gasteiger partial charge in [0.1, 0.15) is 0 Å². The van der Waals surface area contributed by atoms with Gasteiger partial charge in [-0.25, -0.2) is 0 Å². The first-order valence-corrected chi connectivity index (χ1v) is 7.40. The summed E-state index contributed by atoms with van der Waals surface area (Å²) >= 11 is 3.26. The average Bonchev–Trinajstić information content (AvgIpc) is 2.45. The molecule has 21 heavy (non-hydrogen) atoms. The Labute approximate surface area is 130 Å². The molecule has 0 atom stereocenters. The van der Waals surface area contributed by atoms with E-state index in [0.29, 0.717) is 16.7 Å². The molecule has 0 aromatic heterocycles. The summed E-state index contributed by atoms with van der Waals surface area (Å²) in [5, 5.41) is 3.05. The van der Waals surface area contributed by atoms with Crippen LogP contribution < -0.4 is 5.32 Å². The molecule has 0 saturated carbocycles. The Morgan fingerprint density at radius 3 is 2.38 bits per heavy atom. The van der Waals surface area contributed by atoms with Crippen LogP contribution >= 0.6 is 15.9 Å². The number of hydrogen-bond donors (Lipinski definition) is 1. The van der Waals surface area contributed by atoms with E-state index in [4.69, 9.17) is 0 Å². The van der Waals surface area contributed by atoms with E-state index in [1.807, 2.05) is 30.3 Å². The molecule has 0 saturated heterocycles. The summed E-state index contributed by atoms with van der Waals surface area (Å²) in [7, 11) is 0. The fourth-order valence-corrected chi connectivity index (χ4v) is 2.38. The second-order valence-electron chi connectivity index (χ2n) is 4.71. The molecule has 112 valence electrons. The van der Waals surface area contributed by atoms with Crippen LogP contribution in [-0.2, 0) is 12.6 Å². The molecule has 5 heteroatoms. The summed E-state index contributed by atoms with van der Waals surface area (Å²) in [6, 6.07) is 13.6. The molecule has 0 aliphatic carbocycles. The molecule has 0 unspecified atom stereocenters. The van der Waals surface area contributed by atoms with Gasteiger partial charge in [0.15, 0.2) is 0 Å². The highest BCUT2D eigenvalue weighted by Gasteiger charge is 2.30. The highest BCUT2D eigenvalue weighted by atomic mass is 79.9. The number of hydrogen-bond acceptors (Lipinski definition) is 1. The Hall–Kier alpha value is -1.49. The maximum atomic E-state index is 12.7. The van der Waals surface area contributed by atoms with Crippen molar-refractivity contribution in [1.29, 1.82) is 0 Å². The summed E-state index contributed by atoms with van der Waals surface area (Å²) in [6.07, 6.45) is -2.57. The molecule has 0 radical (unpaired) electrons. The first-order chi connectivity index (χ1) is 9.97. The normalized spacial score (nSPS) is 11.4. The highest BCUT2D eigenvalue weighted by molar-refractivity contribution is 9.10. The van der Waals surface area contributed by atoms with Crippen LogP contribution in [0.1, 0.15) is 17.5 Å². The topological polar surface area (TPSA) is 12.0 Å². The van der Waals surface area contributed by atoms with Crippen LogP contribution in [0, 0.1) is 0 Å². The molecule has 1 nitrogen and oxygen atoms in total. The van der Waals surface area contributed by atoms with Crippen LogP contribution in [0.3, 0.4) is 0 Å². The van der Waals surface area contributed by atoms with Crippen LogP contribution in [0.5, 0.6) is 0 Å². The van der Waals surface area contributed by atoms with Crippen molar-refractivity contribution in [2.75, 3.05) is 11.9 Å². The molecular weight excluding hydrogens is 343 g/mol. The molecule has 0 amide bonds. The van der Waals surface area contributed by atoms with Gasteiger partial charge in [-0.15, -0.1) is 0 Å². The number of aryl methyl sites for hydroxylation is 1. The van der Waals surface area contributed by atoms with Crippen LogP contribution in [0.15, 0.2) is 53.0 Å². The Morgan fingerprint density at radius 1 is 1.00 bits per heavy atom. The second-order valence-corrected chi connectivity index (χ2v) is 5.56. The largest absolute Gasteiger partial charge is 0.416 e.